The van der Waals surface area contributed by atoms with E-state index in [0.29, 0.717) is 24.6 Å². The SMILES string of the molecule is CCOC(=O)c1cc2n(n1)CC(C)(C(=O)NCCC(C)C)N(c1ccccc1CC)C2=O. The van der Waals surface area contributed by atoms with Gasteiger partial charge in [-0.1, -0.05) is 39.0 Å². The lowest BCUT2D eigenvalue weighted by molar-refractivity contribution is -0.126. The van der Waals surface area contributed by atoms with Crippen molar-refractivity contribution < 1.29 is 19.1 Å². The molecule has 172 valence electrons. The summed E-state index contributed by atoms with van der Waals surface area (Å²) in [6, 6.07) is 9.02. The number of rotatable bonds is 8. The molecule has 1 aromatic heterocycles. The van der Waals surface area contributed by atoms with Crippen LogP contribution in [-0.2, 0) is 22.5 Å². The molecule has 0 radical (unpaired) electrons. The van der Waals surface area contributed by atoms with E-state index in [9.17, 15) is 14.4 Å². The number of aromatic nitrogens is 2. The molecule has 1 unspecified atom stereocenters. The number of fused-ring (bicyclic) bond motifs is 1. The van der Waals surface area contributed by atoms with Crippen molar-refractivity contribution in [2.45, 2.75) is 59.5 Å². The number of aryl methyl sites for hydroxylation is 1. The molecule has 2 amide bonds. The predicted octanol–water partition coefficient (Wildman–Crippen LogP) is 3.20. The Morgan fingerprint density at radius 2 is 1.97 bits per heavy atom. The van der Waals surface area contributed by atoms with E-state index in [1.54, 1.807) is 18.7 Å². The molecule has 1 aliphatic rings. The van der Waals surface area contributed by atoms with Crippen LogP contribution in [0.1, 0.15) is 67.6 Å². The maximum absolute atomic E-state index is 13.7. The molecule has 32 heavy (non-hydrogen) atoms. The number of nitrogens with zero attached hydrogens (tertiary/aromatic N) is 3. The fraction of sp³-hybridized carbons (Fsp3) is 0.500. The van der Waals surface area contributed by atoms with Crippen LogP contribution in [0, 0.1) is 5.92 Å². The zero-order chi connectivity index (χ0) is 23.5. The Hall–Kier alpha value is -3.16. The molecular formula is C24H32N4O4. The monoisotopic (exact) mass is 440 g/mol. The average molecular weight is 441 g/mol. The highest BCUT2D eigenvalue weighted by Crippen LogP contribution is 2.35. The lowest BCUT2D eigenvalue weighted by Crippen LogP contribution is -2.64. The average Bonchev–Trinajstić information content (AvgIpc) is 3.18. The molecule has 2 aromatic rings. The van der Waals surface area contributed by atoms with Crippen LogP contribution in [0.5, 0.6) is 0 Å². The molecule has 1 N–H and O–H groups in total. The maximum atomic E-state index is 13.7. The zero-order valence-corrected chi connectivity index (χ0v) is 19.5. The van der Waals surface area contributed by atoms with E-state index in [1.807, 2.05) is 31.2 Å². The number of amides is 2. The Bertz CT molecular complexity index is 1010. The number of anilines is 1. The Kier molecular flexibility index (Phi) is 7.01. The standard InChI is InChI=1S/C24H32N4O4/c1-6-17-10-8-9-11-19(17)28-21(29)20-14-18(22(30)32-7-2)26-27(20)15-24(28,5)23(31)25-13-12-16(3)4/h8-11,14,16H,6-7,12-13,15H2,1-5H3,(H,25,31). The molecule has 0 spiro atoms. The first kappa shape index (κ1) is 23.5. The normalized spacial score (nSPS) is 17.9. The highest BCUT2D eigenvalue weighted by Gasteiger charge is 2.49. The van der Waals surface area contributed by atoms with Crippen molar-refractivity contribution in [1.82, 2.24) is 15.1 Å². The first-order valence-corrected chi connectivity index (χ1v) is 11.2. The fourth-order valence-corrected chi connectivity index (χ4v) is 3.96. The van der Waals surface area contributed by atoms with Gasteiger partial charge in [-0.2, -0.15) is 5.10 Å². The van der Waals surface area contributed by atoms with Gasteiger partial charge in [0.2, 0.25) is 5.91 Å². The van der Waals surface area contributed by atoms with Gasteiger partial charge in [-0.25, -0.2) is 4.79 Å². The number of carbonyl (C=O) groups excluding carboxylic acids is 3. The van der Waals surface area contributed by atoms with Gasteiger partial charge < -0.3 is 10.1 Å². The molecule has 1 atom stereocenters. The third-order valence-corrected chi connectivity index (χ3v) is 5.75. The molecule has 2 heterocycles. The Labute approximate surface area is 188 Å². The van der Waals surface area contributed by atoms with Crippen LogP contribution in [0.15, 0.2) is 30.3 Å². The van der Waals surface area contributed by atoms with Crippen LogP contribution < -0.4 is 10.2 Å². The van der Waals surface area contributed by atoms with Crippen molar-refractivity contribution in [1.29, 1.82) is 0 Å². The molecule has 0 saturated heterocycles. The first-order valence-electron chi connectivity index (χ1n) is 11.2. The summed E-state index contributed by atoms with van der Waals surface area (Å²) in [7, 11) is 0. The van der Waals surface area contributed by atoms with Crippen molar-refractivity contribution in [2.75, 3.05) is 18.1 Å². The number of hydrogen-bond donors (Lipinski definition) is 1. The number of hydrogen-bond acceptors (Lipinski definition) is 5. The third-order valence-electron chi connectivity index (χ3n) is 5.75. The maximum Gasteiger partial charge on any atom is 0.358 e. The van der Waals surface area contributed by atoms with Gasteiger partial charge in [0.1, 0.15) is 11.2 Å². The van der Waals surface area contributed by atoms with Gasteiger partial charge in [0.25, 0.3) is 5.91 Å². The van der Waals surface area contributed by atoms with Crippen molar-refractivity contribution in [3.8, 4) is 0 Å². The van der Waals surface area contributed by atoms with Gasteiger partial charge in [-0.3, -0.25) is 19.2 Å². The minimum absolute atomic E-state index is 0.0587. The van der Waals surface area contributed by atoms with E-state index in [4.69, 9.17) is 4.74 Å². The number of nitrogens with one attached hydrogen (secondary N) is 1. The van der Waals surface area contributed by atoms with E-state index < -0.39 is 11.5 Å². The summed E-state index contributed by atoms with van der Waals surface area (Å²) in [5, 5.41) is 7.29. The number of carbonyl (C=O) groups is 3. The summed E-state index contributed by atoms with van der Waals surface area (Å²) in [6.07, 6.45) is 1.54. The molecule has 0 saturated carbocycles. The second-order valence-corrected chi connectivity index (χ2v) is 8.63. The quantitative estimate of drug-likeness (QED) is 0.636. The summed E-state index contributed by atoms with van der Waals surface area (Å²) in [4.78, 5) is 40.9. The van der Waals surface area contributed by atoms with Crippen LogP contribution in [0.2, 0.25) is 0 Å². The Morgan fingerprint density at radius 1 is 1.25 bits per heavy atom. The van der Waals surface area contributed by atoms with Gasteiger partial charge in [0.15, 0.2) is 5.69 Å². The molecule has 0 fully saturated rings. The van der Waals surface area contributed by atoms with Crippen LogP contribution in [0.25, 0.3) is 0 Å². The van der Waals surface area contributed by atoms with Gasteiger partial charge in [-0.15, -0.1) is 0 Å². The fourth-order valence-electron chi connectivity index (χ4n) is 3.96. The summed E-state index contributed by atoms with van der Waals surface area (Å²) in [5.41, 5.74) is 0.742. The molecule has 3 rings (SSSR count). The molecule has 8 heteroatoms. The highest BCUT2D eigenvalue weighted by molar-refractivity contribution is 6.12. The Morgan fingerprint density at radius 3 is 2.62 bits per heavy atom. The summed E-state index contributed by atoms with van der Waals surface area (Å²) < 4.78 is 6.49. The molecular weight excluding hydrogens is 408 g/mol. The van der Waals surface area contributed by atoms with Crippen LogP contribution in [-0.4, -0.2) is 46.3 Å². The van der Waals surface area contributed by atoms with E-state index in [1.165, 1.54) is 10.7 Å². The van der Waals surface area contributed by atoms with Gasteiger partial charge >= 0.3 is 5.97 Å². The lowest BCUT2D eigenvalue weighted by atomic mass is 9.92. The van der Waals surface area contributed by atoms with Gasteiger partial charge in [-0.05, 0) is 44.2 Å². The zero-order valence-electron chi connectivity index (χ0n) is 19.5. The molecule has 0 bridgehead atoms. The summed E-state index contributed by atoms with van der Waals surface area (Å²) in [5.74, 6) is -0.776. The van der Waals surface area contributed by atoms with E-state index in [-0.39, 0.29) is 36.4 Å². The lowest BCUT2D eigenvalue weighted by Gasteiger charge is -2.43. The first-order chi connectivity index (χ1) is 15.2. The van der Waals surface area contributed by atoms with E-state index >= 15 is 0 Å². The minimum Gasteiger partial charge on any atom is -0.461 e. The van der Waals surface area contributed by atoms with Crippen molar-refractivity contribution in [3.63, 3.8) is 0 Å². The highest BCUT2D eigenvalue weighted by atomic mass is 16.5. The number of benzene rings is 1. The topological polar surface area (TPSA) is 93.5 Å². The molecule has 8 nitrogen and oxygen atoms in total. The number of para-hydroxylation sites is 1. The van der Waals surface area contributed by atoms with Crippen molar-refractivity contribution in [2.24, 2.45) is 5.92 Å². The van der Waals surface area contributed by atoms with Gasteiger partial charge in [0, 0.05) is 18.3 Å². The van der Waals surface area contributed by atoms with E-state index in [0.717, 1.165) is 12.0 Å². The Balaban J connectivity index is 2.07. The largest absolute Gasteiger partial charge is 0.461 e. The number of ether oxygens (including phenoxy) is 1. The smallest absolute Gasteiger partial charge is 0.358 e. The van der Waals surface area contributed by atoms with Crippen molar-refractivity contribution in [3.05, 3.63) is 47.3 Å². The predicted molar refractivity (Wildman–Crippen MR) is 122 cm³/mol. The molecule has 1 aromatic carbocycles. The second-order valence-electron chi connectivity index (χ2n) is 8.63. The van der Waals surface area contributed by atoms with Crippen LogP contribution >= 0.6 is 0 Å². The van der Waals surface area contributed by atoms with Crippen LogP contribution in [0.4, 0.5) is 5.69 Å². The second kappa shape index (κ2) is 9.54. The third kappa shape index (κ3) is 4.40. The van der Waals surface area contributed by atoms with Crippen molar-refractivity contribution >= 4 is 23.5 Å². The number of esters is 1. The van der Waals surface area contributed by atoms with E-state index in [2.05, 4.69) is 24.3 Å². The molecule has 0 aliphatic carbocycles. The summed E-state index contributed by atoms with van der Waals surface area (Å²) >= 11 is 0. The minimum atomic E-state index is -1.22. The molecule has 1 aliphatic heterocycles. The van der Waals surface area contributed by atoms with Gasteiger partial charge in [0.05, 0.1) is 13.2 Å². The van der Waals surface area contributed by atoms with Crippen LogP contribution in [0.3, 0.4) is 0 Å². The summed E-state index contributed by atoms with van der Waals surface area (Å²) in [6.45, 7) is 10.5.